The zero-order chi connectivity index (χ0) is 19.7. The Balaban J connectivity index is 1.65. The van der Waals surface area contributed by atoms with Crippen molar-refractivity contribution in [1.29, 1.82) is 0 Å². The van der Waals surface area contributed by atoms with Gasteiger partial charge in [-0.25, -0.2) is 9.37 Å². The van der Waals surface area contributed by atoms with E-state index in [4.69, 9.17) is 16.3 Å². The predicted molar refractivity (Wildman–Crippen MR) is 105 cm³/mol. The van der Waals surface area contributed by atoms with Gasteiger partial charge in [0.25, 0.3) is 5.91 Å². The summed E-state index contributed by atoms with van der Waals surface area (Å²) in [6.07, 6.45) is 5.21. The molecule has 1 aromatic heterocycles. The van der Waals surface area contributed by atoms with Crippen LogP contribution < -0.4 is 10.1 Å². The van der Waals surface area contributed by atoms with Crippen LogP contribution in [0.2, 0.25) is 5.02 Å². The SMILES string of the molecule is Cn1ccnc1C(NC(=O)C1=Cc2cc(Cl)ccc2OC1)c1ccc(F)cc1. The molecular weight excluding hydrogens is 381 g/mol. The number of aryl methyl sites for hydroxylation is 1. The Morgan fingerprint density at radius 1 is 1.29 bits per heavy atom. The van der Waals surface area contributed by atoms with E-state index in [0.29, 0.717) is 22.2 Å². The second-order valence-electron chi connectivity index (χ2n) is 6.49. The molecule has 4 rings (SSSR count). The van der Waals surface area contributed by atoms with Gasteiger partial charge in [0.2, 0.25) is 0 Å². The maximum Gasteiger partial charge on any atom is 0.251 e. The van der Waals surface area contributed by atoms with Crippen molar-refractivity contribution in [1.82, 2.24) is 14.9 Å². The first-order valence-corrected chi connectivity index (χ1v) is 9.05. The van der Waals surface area contributed by atoms with Gasteiger partial charge in [0, 0.05) is 30.0 Å². The van der Waals surface area contributed by atoms with Crippen molar-refractivity contribution in [2.75, 3.05) is 6.61 Å². The van der Waals surface area contributed by atoms with Crippen LogP contribution in [0.5, 0.6) is 5.75 Å². The highest BCUT2D eigenvalue weighted by atomic mass is 35.5. The molecule has 28 heavy (non-hydrogen) atoms. The first-order valence-electron chi connectivity index (χ1n) is 8.68. The lowest BCUT2D eigenvalue weighted by molar-refractivity contribution is -0.118. The van der Waals surface area contributed by atoms with Gasteiger partial charge < -0.3 is 14.6 Å². The summed E-state index contributed by atoms with van der Waals surface area (Å²) >= 11 is 6.04. The third kappa shape index (κ3) is 3.64. The van der Waals surface area contributed by atoms with Crippen LogP contribution in [0.15, 0.2) is 60.4 Å². The van der Waals surface area contributed by atoms with Crippen LogP contribution >= 0.6 is 11.6 Å². The van der Waals surface area contributed by atoms with Crippen LogP contribution in [0.25, 0.3) is 6.08 Å². The van der Waals surface area contributed by atoms with Crippen LogP contribution in [-0.2, 0) is 11.8 Å². The number of imidazole rings is 1. The molecule has 3 aromatic rings. The molecule has 1 N–H and O–H groups in total. The Hall–Kier alpha value is -3.12. The van der Waals surface area contributed by atoms with Gasteiger partial charge in [-0.05, 0) is 42.0 Å². The van der Waals surface area contributed by atoms with Gasteiger partial charge >= 0.3 is 0 Å². The number of rotatable bonds is 4. The monoisotopic (exact) mass is 397 g/mol. The Morgan fingerprint density at radius 2 is 2.07 bits per heavy atom. The Bertz CT molecular complexity index is 1060. The first-order chi connectivity index (χ1) is 13.5. The Morgan fingerprint density at radius 3 is 2.79 bits per heavy atom. The van der Waals surface area contributed by atoms with E-state index in [-0.39, 0.29) is 18.3 Å². The molecule has 1 unspecified atom stereocenters. The largest absolute Gasteiger partial charge is 0.488 e. The number of nitrogens with zero attached hydrogens (tertiary/aromatic N) is 2. The second-order valence-corrected chi connectivity index (χ2v) is 6.93. The van der Waals surface area contributed by atoms with Gasteiger partial charge in [-0.3, -0.25) is 4.79 Å². The third-order valence-corrected chi connectivity index (χ3v) is 4.81. The topological polar surface area (TPSA) is 56.2 Å². The van der Waals surface area contributed by atoms with E-state index in [1.165, 1.54) is 12.1 Å². The van der Waals surface area contributed by atoms with E-state index < -0.39 is 6.04 Å². The van der Waals surface area contributed by atoms with Crippen LogP contribution in [0.3, 0.4) is 0 Å². The molecular formula is C21H17ClFN3O2. The number of amides is 1. The third-order valence-electron chi connectivity index (χ3n) is 4.57. The Labute approximate surface area is 166 Å². The maximum atomic E-state index is 13.4. The highest BCUT2D eigenvalue weighted by molar-refractivity contribution is 6.30. The second kappa shape index (κ2) is 7.48. The molecule has 0 bridgehead atoms. The summed E-state index contributed by atoms with van der Waals surface area (Å²) < 4.78 is 20.8. The molecule has 1 atom stereocenters. The number of nitrogens with one attached hydrogen (secondary N) is 1. The molecule has 142 valence electrons. The summed E-state index contributed by atoms with van der Waals surface area (Å²) in [4.78, 5) is 17.3. The first kappa shape index (κ1) is 18.3. The van der Waals surface area contributed by atoms with Crippen LogP contribution in [-0.4, -0.2) is 22.1 Å². The fraction of sp³-hybridized carbons (Fsp3) is 0.143. The molecule has 0 spiro atoms. The van der Waals surface area contributed by atoms with Crippen LogP contribution in [0, 0.1) is 5.82 Å². The molecule has 1 aliphatic heterocycles. The standard InChI is InChI=1S/C21H17ClFN3O2/c1-26-9-8-24-20(26)19(13-2-5-17(23)6-3-13)25-21(27)15-10-14-11-16(22)4-7-18(14)28-12-15/h2-11,19H,12H2,1H3,(H,25,27). The van der Waals surface area contributed by atoms with E-state index in [9.17, 15) is 9.18 Å². The number of carbonyl (C=O) groups is 1. The van der Waals surface area contributed by atoms with Gasteiger partial charge in [-0.1, -0.05) is 23.7 Å². The van der Waals surface area contributed by atoms with E-state index in [0.717, 1.165) is 11.1 Å². The van der Waals surface area contributed by atoms with Crippen molar-refractivity contribution < 1.29 is 13.9 Å². The number of aromatic nitrogens is 2. The Kier molecular flexibility index (Phi) is 4.88. The average Bonchev–Trinajstić information content (AvgIpc) is 3.11. The zero-order valence-corrected chi connectivity index (χ0v) is 15.8. The number of carbonyl (C=O) groups excluding carboxylic acids is 1. The van der Waals surface area contributed by atoms with Crippen molar-refractivity contribution in [3.05, 3.63) is 88.2 Å². The quantitative estimate of drug-likeness (QED) is 0.726. The summed E-state index contributed by atoms with van der Waals surface area (Å²) in [6.45, 7) is 0.150. The summed E-state index contributed by atoms with van der Waals surface area (Å²) in [5, 5.41) is 3.55. The molecule has 2 heterocycles. The van der Waals surface area contributed by atoms with Gasteiger partial charge in [-0.15, -0.1) is 0 Å². The minimum Gasteiger partial charge on any atom is -0.488 e. The molecule has 7 heteroatoms. The van der Waals surface area contributed by atoms with Crippen molar-refractivity contribution in [3.63, 3.8) is 0 Å². The maximum absolute atomic E-state index is 13.4. The van der Waals surface area contributed by atoms with E-state index in [2.05, 4.69) is 10.3 Å². The van der Waals surface area contributed by atoms with Crippen molar-refractivity contribution in [2.45, 2.75) is 6.04 Å². The van der Waals surface area contributed by atoms with Gasteiger partial charge in [0.15, 0.2) is 0 Å². The number of halogens is 2. The van der Waals surface area contributed by atoms with E-state index in [1.54, 1.807) is 48.8 Å². The van der Waals surface area contributed by atoms with E-state index >= 15 is 0 Å². The fourth-order valence-electron chi connectivity index (χ4n) is 3.11. The zero-order valence-electron chi connectivity index (χ0n) is 15.0. The lowest BCUT2D eigenvalue weighted by Crippen LogP contribution is -2.34. The number of ether oxygens (including phenoxy) is 1. The van der Waals surface area contributed by atoms with Crippen molar-refractivity contribution >= 4 is 23.6 Å². The molecule has 5 nitrogen and oxygen atoms in total. The smallest absolute Gasteiger partial charge is 0.251 e. The fourth-order valence-corrected chi connectivity index (χ4v) is 3.29. The number of hydrogen-bond acceptors (Lipinski definition) is 3. The minimum atomic E-state index is -0.533. The van der Waals surface area contributed by atoms with Crippen LogP contribution in [0.4, 0.5) is 4.39 Å². The van der Waals surface area contributed by atoms with Crippen molar-refractivity contribution in [2.24, 2.45) is 7.05 Å². The summed E-state index contributed by atoms with van der Waals surface area (Å²) in [5.74, 6) is 0.689. The summed E-state index contributed by atoms with van der Waals surface area (Å²) in [6, 6.07) is 10.7. The molecule has 0 saturated heterocycles. The highest BCUT2D eigenvalue weighted by Gasteiger charge is 2.24. The number of benzene rings is 2. The lowest BCUT2D eigenvalue weighted by atomic mass is 10.0. The van der Waals surface area contributed by atoms with Gasteiger partial charge in [0.05, 0.1) is 5.57 Å². The highest BCUT2D eigenvalue weighted by Crippen LogP contribution is 2.29. The molecule has 2 aromatic carbocycles. The van der Waals surface area contributed by atoms with Gasteiger partial charge in [0.1, 0.15) is 30.0 Å². The molecule has 0 radical (unpaired) electrons. The van der Waals surface area contributed by atoms with Crippen LogP contribution in [0.1, 0.15) is 23.0 Å². The lowest BCUT2D eigenvalue weighted by Gasteiger charge is -2.22. The number of fused-ring (bicyclic) bond motifs is 1. The molecule has 0 fully saturated rings. The normalized spacial score (nSPS) is 13.9. The molecule has 1 amide bonds. The molecule has 0 saturated carbocycles. The molecule has 1 aliphatic rings. The average molecular weight is 398 g/mol. The van der Waals surface area contributed by atoms with Gasteiger partial charge in [-0.2, -0.15) is 0 Å². The minimum absolute atomic E-state index is 0.150. The summed E-state index contributed by atoms with van der Waals surface area (Å²) in [7, 11) is 1.84. The summed E-state index contributed by atoms with van der Waals surface area (Å²) in [5.41, 5.74) is 1.94. The van der Waals surface area contributed by atoms with Crippen molar-refractivity contribution in [3.8, 4) is 5.75 Å². The molecule has 0 aliphatic carbocycles. The predicted octanol–water partition coefficient (Wildman–Crippen LogP) is 3.89. The van der Waals surface area contributed by atoms with E-state index in [1.807, 2.05) is 11.6 Å². The number of hydrogen-bond donors (Lipinski definition) is 1.